The highest BCUT2D eigenvalue weighted by Crippen LogP contribution is 2.29. The van der Waals surface area contributed by atoms with Crippen LogP contribution in [0.15, 0.2) is 12.1 Å². The Hall–Kier alpha value is -1.54. The summed E-state index contributed by atoms with van der Waals surface area (Å²) < 4.78 is 25.2. The molecule has 2 aromatic heterocycles. The molecule has 0 unspecified atom stereocenters. The van der Waals surface area contributed by atoms with E-state index in [0.29, 0.717) is 23.3 Å². The van der Waals surface area contributed by atoms with E-state index in [-0.39, 0.29) is 5.41 Å². The van der Waals surface area contributed by atoms with Gasteiger partial charge in [-0.05, 0) is 56.8 Å². The molecule has 154 valence electrons. The van der Waals surface area contributed by atoms with Crippen LogP contribution in [0.5, 0.6) is 0 Å². The second-order valence-electron chi connectivity index (χ2n) is 9.47. The Balaban J connectivity index is 1.40. The van der Waals surface area contributed by atoms with Crippen molar-refractivity contribution >= 4 is 15.5 Å². The van der Waals surface area contributed by atoms with Gasteiger partial charge in [-0.1, -0.05) is 20.8 Å². The average molecular weight is 406 g/mol. The highest BCUT2D eigenvalue weighted by molar-refractivity contribution is 7.91. The van der Waals surface area contributed by atoms with Gasteiger partial charge in [0.15, 0.2) is 11.5 Å². The van der Waals surface area contributed by atoms with E-state index in [4.69, 9.17) is 5.10 Å². The molecule has 0 aromatic carbocycles. The zero-order valence-electron chi connectivity index (χ0n) is 17.1. The number of hydrogen-bond donors (Lipinski definition) is 0. The van der Waals surface area contributed by atoms with Crippen LogP contribution in [-0.4, -0.2) is 64.3 Å². The van der Waals surface area contributed by atoms with Crippen LogP contribution in [0.2, 0.25) is 0 Å². The van der Waals surface area contributed by atoms with Gasteiger partial charge in [-0.2, -0.15) is 9.61 Å². The van der Waals surface area contributed by atoms with Crippen molar-refractivity contribution in [2.24, 2.45) is 5.92 Å². The van der Waals surface area contributed by atoms with Crippen LogP contribution in [-0.2, 0) is 15.3 Å². The maximum Gasteiger partial charge on any atom is 0.177 e. The Morgan fingerprint density at radius 2 is 1.71 bits per heavy atom. The molecule has 2 saturated heterocycles. The number of sulfone groups is 1. The second-order valence-corrected chi connectivity index (χ2v) is 11.8. The van der Waals surface area contributed by atoms with E-state index in [1.807, 2.05) is 16.6 Å². The summed E-state index contributed by atoms with van der Waals surface area (Å²) in [5.74, 6) is 2.60. The number of likely N-dealkylation sites (tertiary alicyclic amines) is 1. The SMILES string of the molecule is CC(C)(C)c1ccc2nnc(C3CCN(CC4CCS(=O)(=O)CC4)CC3)n2n1. The number of aromatic nitrogens is 4. The Morgan fingerprint density at radius 1 is 1.04 bits per heavy atom. The average Bonchev–Trinajstić information content (AvgIpc) is 3.07. The number of nitrogens with zero attached hydrogens (tertiary/aromatic N) is 5. The predicted molar refractivity (Wildman–Crippen MR) is 109 cm³/mol. The molecule has 0 saturated carbocycles. The van der Waals surface area contributed by atoms with E-state index in [9.17, 15) is 8.42 Å². The molecule has 2 aromatic rings. The van der Waals surface area contributed by atoms with Crippen LogP contribution in [0.1, 0.15) is 63.9 Å². The van der Waals surface area contributed by atoms with E-state index in [0.717, 1.165) is 62.5 Å². The smallest absolute Gasteiger partial charge is 0.177 e. The lowest BCUT2D eigenvalue weighted by Crippen LogP contribution is -2.39. The summed E-state index contributed by atoms with van der Waals surface area (Å²) in [5, 5.41) is 13.6. The van der Waals surface area contributed by atoms with Crippen LogP contribution < -0.4 is 0 Å². The largest absolute Gasteiger partial charge is 0.303 e. The number of piperidine rings is 1. The summed E-state index contributed by atoms with van der Waals surface area (Å²) in [6, 6.07) is 4.05. The topological polar surface area (TPSA) is 80.5 Å². The molecule has 7 nitrogen and oxygen atoms in total. The first-order chi connectivity index (χ1) is 13.2. The van der Waals surface area contributed by atoms with Crippen LogP contribution >= 0.6 is 0 Å². The zero-order chi connectivity index (χ0) is 19.9. The van der Waals surface area contributed by atoms with Gasteiger partial charge in [-0.3, -0.25) is 0 Å². The first-order valence-corrected chi connectivity index (χ1v) is 12.2. The van der Waals surface area contributed by atoms with E-state index >= 15 is 0 Å². The molecule has 0 atom stereocenters. The lowest BCUT2D eigenvalue weighted by molar-refractivity contribution is 0.174. The van der Waals surface area contributed by atoms with Crippen LogP contribution in [0.3, 0.4) is 0 Å². The molecule has 2 fully saturated rings. The summed E-state index contributed by atoms with van der Waals surface area (Å²) in [6.45, 7) is 9.58. The second kappa shape index (κ2) is 7.37. The van der Waals surface area contributed by atoms with E-state index in [1.165, 1.54) is 0 Å². The minimum absolute atomic E-state index is 0.00737. The van der Waals surface area contributed by atoms with Gasteiger partial charge in [0.25, 0.3) is 0 Å². The van der Waals surface area contributed by atoms with Crippen LogP contribution in [0, 0.1) is 5.92 Å². The van der Waals surface area contributed by atoms with Gasteiger partial charge in [0.2, 0.25) is 0 Å². The molecule has 8 heteroatoms. The first kappa shape index (κ1) is 19.8. The maximum absolute atomic E-state index is 11.6. The van der Waals surface area contributed by atoms with Crippen molar-refractivity contribution < 1.29 is 8.42 Å². The minimum atomic E-state index is -2.77. The van der Waals surface area contributed by atoms with E-state index in [2.05, 4.69) is 35.9 Å². The molecule has 2 aliphatic heterocycles. The Labute approximate surface area is 167 Å². The quantitative estimate of drug-likeness (QED) is 0.780. The Bertz CT molecular complexity index is 925. The van der Waals surface area contributed by atoms with Gasteiger partial charge in [0, 0.05) is 17.9 Å². The van der Waals surface area contributed by atoms with Crippen LogP contribution in [0.4, 0.5) is 0 Å². The third kappa shape index (κ3) is 4.22. The summed E-state index contributed by atoms with van der Waals surface area (Å²) in [4.78, 5) is 2.50. The van der Waals surface area contributed by atoms with Gasteiger partial charge in [0.1, 0.15) is 9.84 Å². The molecule has 0 spiro atoms. The summed E-state index contributed by atoms with van der Waals surface area (Å²) in [6.07, 6.45) is 3.73. The molecule has 28 heavy (non-hydrogen) atoms. The number of fused-ring (bicyclic) bond motifs is 1. The molecule has 0 aliphatic carbocycles. The Kier molecular flexibility index (Phi) is 5.20. The molecule has 4 rings (SSSR count). The molecule has 4 heterocycles. The van der Waals surface area contributed by atoms with Crippen molar-refractivity contribution in [3.63, 3.8) is 0 Å². The summed E-state index contributed by atoms with van der Waals surface area (Å²) >= 11 is 0. The Morgan fingerprint density at radius 3 is 2.36 bits per heavy atom. The third-order valence-electron chi connectivity index (χ3n) is 6.20. The molecule has 0 radical (unpaired) electrons. The van der Waals surface area contributed by atoms with Gasteiger partial charge in [0.05, 0.1) is 17.2 Å². The standard InChI is InChI=1S/C20H31N5O2S/c1-20(2,3)17-4-5-18-21-22-19(25(18)23-17)16-6-10-24(11-7-16)14-15-8-12-28(26,27)13-9-15/h4-5,15-16H,6-14H2,1-3H3. The summed E-state index contributed by atoms with van der Waals surface area (Å²) in [5.41, 5.74) is 1.85. The van der Waals surface area contributed by atoms with Crippen molar-refractivity contribution in [1.82, 2.24) is 24.7 Å². The highest BCUT2D eigenvalue weighted by atomic mass is 32.2. The lowest BCUT2D eigenvalue weighted by Gasteiger charge is -2.34. The van der Waals surface area contributed by atoms with Gasteiger partial charge in [-0.25, -0.2) is 8.42 Å². The normalized spacial score (nSPS) is 22.7. The highest BCUT2D eigenvalue weighted by Gasteiger charge is 2.29. The van der Waals surface area contributed by atoms with Gasteiger partial charge >= 0.3 is 0 Å². The number of hydrogen-bond acceptors (Lipinski definition) is 6. The van der Waals surface area contributed by atoms with Crippen molar-refractivity contribution in [2.45, 2.75) is 57.8 Å². The number of rotatable bonds is 3. The zero-order valence-corrected chi connectivity index (χ0v) is 18.0. The van der Waals surface area contributed by atoms with Crippen molar-refractivity contribution in [2.75, 3.05) is 31.1 Å². The van der Waals surface area contributed by atoms with E-state index in [1.54, 1.807) is 0 Å². The fourth-order valence-electron chi connectivity index (χ4n) is 4.32. The monoisotopic (exact) mass is 405 g/mol. The molecule has 2 aliphatic rings. The fraction of sp³-hybridized carbons (Fsp3) is 0.750. The minimum Gasteiger partial charge on any atom is -0.303 e. The fourth-order valence-corrected chi connectivity index (χ4v) is 5.91. The first-order valence-electron chi connectivity index (χ1n) is 10.4. The molecule has 0 N–H and O–H groups in total. The van der Waals surface area contributed by atoms with Crippen molar-refractivity contribution in [3.8, 4) is 0 Å². The summed E-state index contributed by atoms with van der Waals surface area (Å²) in [7, 11) is -2.77. The van der Waals surface area contributed by atoms with E-state index < -0.39 is 9.84 Å². The third-order valence-corrected chi connectivity index (χ3v) is 7.91. The molecule has 0 bridgehead atoms. The van der Waals surface area contributed by atoms with Gasteiger partial charge in [-0.15, -0.1) is 10.2 Å². The molecular weight excluding hydrogens is 374 g/mol. The van der Waals surface area contributed by atoms with Gasteiger partial charge < -0.3 is 4.90 Å². The molecule has 0 amide bonds. The van der Waals surface area contributed by atoms with Crippen molar-refractivity contribution in [1.29, 1.82) is 0 Å². The van der Waals surface area contributed by atoms with Crippen molar-refractivity contribution in [3.05, 3.63) is 23.7 Å². The van der Waals surface area contributed by atoms with Crippen LogP contribution in [0.25, 0.3) is 5.65 Å². The predicted octanol–water partition coefficient (Wildman–Crippen LogP) is 2.43. The molecular formula is C20H31N5O2S. The lowest BCUT2D eigenvalue weighted by atomic mass is 9.92. The maximum atomic E-state index is 11.6.